The van der Waals surface area contributed by atoms with Crippen molar-refractivity contribution < 1.29 is 9.21 Å². The van der Waals surface area contributed by atoms with Gasteiger partial charge in [0.25, 0.3) is 0 Å². The Balaban J connectivity index is 1.35. The summed E-state index contributed by atoms with van der Waals surface area (Å²) in [5, 5.41) is 13.2. The molecule has 2 aromatic heterocycles. The molecule has 1 aliphatic rings. The third-order valence-corrected chi connectivity index (χ3v) is 6.39. The van der Waals surface area contributed by atoms with Crippen molar-refractivity contribution in [1.29, 1.82) is 0 Å². The second-order valence-corrected chi connectivity index (χ2v) is 8.89. The molecule has 0 saturated carbocycles. The minimum atomic E-state index is -0.0286. The number of halogens is 1. The Morgan fingerprint density at radius 2 is 2.03 bits per heavy atom. The number of nitrogens with one attached hydrogen (secondary N) is 1. The van der Waals surface area contributed by atoms with Crippen molar-refractivity contribution in [3.63, 3.8) is 0 Å². The molecule has 3 aromatic rings. The van der Waals surface area contributed by atoms with Crippen LogP contribution in [0.4, 0.5) is 5.95 Å². The highest BCUT2D eigenvalue weighted by Gasteiger charge is 2.21. The zero-order chi connectivity index (χ0) is 21.5. The van der Waals surface area contributed by atoms with E-state index in [4.69, 9.17) is 16.0 Å². The first kappa shape index (κ1) is 21.8. The van der Waals surface area contributed by atoms with Gasteiger partial charge in [0.1, 0.15) is 5.76 Å². The van der Waals surface area contributed by atoms with Gasteiger partial charge in [-0.1, -0.05) is 35.5 Å². The van der Waals surface area contributed by atoms with Gasteiger partial charge in [-0.3, -0.25) is 9.36 Å². The molecule has 1 N–H and O–H groups in total. The zero-order valence-electron chi connectivity index (χ0n) is 17.3. The first-order chi connectivity index (χ1) is 15.2. The topological polar surface area (TPSA) is 76.2 Å². The smallest absolute Gasteiger partial charge is 0.230 e. The number of amides is 1. The first-order valence-electron chi connectivity index (χ1n) is 10.5. The van der Waals surface area contributed by atoms with E-state index in [1.54, 1.807) is 6.26 Å². The van der Waals surface area contributed by atoms with Crippen LogP contribution in [0.2, 0.25) is 5.02 Å². The van der Waals surface area contributed by atoms with E-state index >= 15 is 0 Å². The molecule has 0 aliphatic carbocycles. The van der Waals surface area contributed by atoms with Crippen LogP contribution in [0.15, 0.2) is 52.2 Å². The maximum absolute atomic E-state index is 12.4. The van der Waals surface area contributed by atoms with Crippen LogP contribution in [-0.2, 0) is 17.8 Å². The first-order valence-corrected chi connectivity index (χ1v) is 11.9. The Bertz CT molecular complexity index is 986. The Hall–Kier alpha value is -2.45. The number of hydrogen-bond acceptors (Lipinski definition) is 6. The van der Waals surface area contributed by atoms with Crippen LogP contribution in [0.25, 0.3) is 0 Å². The van der Waals surface area contributed by atoms with Crippen LogP contribution >= 0.6 is 23.4 Å². The highest BCUT2D eigenvalue weighted by molar-refractivity contribution is 7.99. The Labute approximate surface area is 191 Å². The summed E-state index contributed by atoms with van der Waals surface area (Å²) >= 11 is 7.41. The lowest BCUT2D eigenvalue weighted by Gasteiger charge is -2.27. The number of aromatic nitrogens is 3. The van der Waals surface area contributed by atoms with Crippen molar-refractivity contribution in [2.45, 2.75) is 37.4 Å². The molecule has 9 heteroatoms. The standard InChI is InChI=1S/C22H26ClN5O2S/c23-18-7-4-6-17(14-18)9-10-24-20(29)16-31-22-26-25-21(27-11-2-1-3-12-27)28(22)15-19-8-5-13-30-19/h4-8,13-14H,1-3,9-12,15-16H2,(H,24,29). The second kappa shape index (κ2) is 10.7. The number of furan rings is 1. The molecule has 0 bridgehead atoms. The van der Waals surface area contributed by atoms with Crippen LogP contribution in [0.1, 0.15) is 30.6 Å². The lowest BCUT2D eigenvalue weighted by Crippen LogP contribution is -2.32. The molecule has 1 fully saturated rings. The van der Waals surface area contributed by atoms with E-state index in [0.717, 1.165) is 54.8 Å². The number of benzene rings is 1. The Morgan fingerprint density at radius 1 is 1.16 bits per heavy atom. The summed E-state index contributed by atoms with van der Waals surface area (Å²) in [4.78, 5) is 14.6. The minimum Gasteiger partial charge on any atom is -0.467 e. The van der Waals surface area contributed by atoms with Gasteiger partial charge < -0.3 is 14.6 Å². The van der Waals surface area contributed by atoms with E-state index in [9.17, 15) is 4.79 Å². The van der Waals surface area contributed by atoms with Crippen LogP contribution in [0.5, 0.6) is 0 Å². The van der Waals surface area contributed by atoms with Gasteiger partial charge in [0, 0.05) is 24.7 Å². The average Bonchev–Trinajstić information content (AvgIpc) is 3.43. The lowest BCUT2D eigenvalue weighted by molar-refractivity contribution is -0.118. The van der Waals surface area contributed by atoms with Gasteiger partial charge in [-0.05, 0) is 55.5 Å². The molecule has 0 spiro atoms. The van der Waals surface area contributed by atoms with Crippen molar-refractivity contribution in [3.8, 4) is 0 Å². The SMILES string of the molecule is O=C(CSc1nnc(N2CCCCC2)n1Cc1ccco1)NCCc1cccc(Cl)c1. The van der Waals surface area contributed by atoms with Gasteiger partial charge >= 0.3 is 0 Å². The van der Waals surface area contributed by atoms with Crippen LogP contribution in [0.3, 0.4) is 0 Å². The number of hydrogen-bond donors (Lipinski definition) is 1. The summed E-state index contributed by atoms with van der Waals surface area (Å²) in [5.41, 5.74) is 1.10. The summed E-state index contributed by atoms with van der Waals surface area (Å²) in [6.45, 7) is 3.07. The average molecular weight is 460 g/mol. The van der Waals surface area contributed by atoms with Crippen molar-refractivity contribution in [2.75, 3.05) is 30.3 Å². The van der Waals surface area contributed by atoms with Gasteiger partial charge in [-0.25, -0.2) is 0 Å². The van der Waals surface area contributed by atoms with Gasteiger partial charge in [0.15, 0.2) is 5.16 Å². The third-order valence-electron chi connectivity index (χ3n) is 5.19. The van der Waals surface area contributed by atoms with Crippen molar-refractivity contribution in [3.05, 3.63) is 59.0 Å². The molecule has 1 aliphatic heterocycles. The quantitative estimate of drug-likeness (QED) is 0.487. The number of piperidine rings is 1. The largest absolute Gasteiger partial charge is 0.467 e. The monoisotopic (exact) mass is 459 g/mol. The maximum Gasteiger partial charge on any atom is 0.230 e. The molecule has 31 heavy (non-hydrogen) atoms. The van der Waals surface area contributed by atoms with Crippen molar-refractivity contribution >= 4 is 35.2 Å². The normalized spacial score (nSPS) is 14.0. The number of thioether (sulfide) groups is 1. The number of carbonyl (C=O) groups excluding carboxylic acids is 1. The molecule has 1 amide bonds. The number of carbonyl (C=O) groups is 1. The molecule has 0 radical (unpaired) electrons. The van der Waals surface area contributed by atoms with E-state index in [1.807, 2.05) is 41.0 Å². The fourth-order valence-electron chi connectivity index (χ4n) is 3.63. The van der Waals surface area contributed by atoms with Crippen molar-refractivity contribution in [2.24, 2.45) is 0 Å². The molecule has 4 rings (SSSR count). The number of anilines is 1. The summed E-state index contributed by atoms with van der Waals surface area (Å²) in [5.74, 6) is 1.94. The molecule has 0 atom stereocenters. The molecular weight excluding hydrogens is 434 g/mol. The fourth-order valence-corrected chi connectivity index (χ4v) is 4.61. The predicted octanol–water partition coefficient (Wildman–Crippen LogP) is 4.01. The molecular formula is C22H26ClN5O2S. The predicted molar refractivity (Wildman–Crippen MR) is 123 cm³/mol. The summed E-state index contributed by atoms with van der Waals surface area (Å²) in [6, 6.07) is 11.5. The molecule has 1 aromatic carbocycles. The van der Waals surface area contributed by atoms with Crippen LogP contribution in [0, 0.1) is 0 Å². The van der Waals surface area contributed by atoms with Gasteiger partial charge in [-0.2, -0.15) is 0 Å². The summed E-state index contributed by atoms with van der Waals surface area (Å²) in [7, 11) is 0. The zero-order valence-corrected chi connectivity index (χ0v) is 18.9. The molecule has 7 nitrogen and oxygen atoms in total. The fraction of sp³-hybridized carbons (Fsp3) is 0.409. The Morgan fingerprint density at radius 3 is 2.81 bits per heavy atom. The van der Waals surface area contributed by atoms with Gasteiger partial charge in [0.2, 0.25) is 11.9 Å². The van der Waals surface area contributed by atoms with Crippen LogP contribution in [-0.4, -0.2) is 46.1 Å². The number of nitrogens with zero attached hydrogens (tertiary/aromatic N) is 4. The van der Waals surface area contributed by atoms with E-state index in [0.29, 0.717) is 18.1 Å². The molecule has 0 unspecified atom stereocenters. The highest BCUT2D eigenvalue weighted by Crippen LogP contribution is 2.25. The molecule has 164 valence electrons. The van der Waals surface area contributed by atoms with Gasteiger partial charge in [-0.15, -0.1) is 10.2 Å². The third kappa shape index (κ3) is 6.04. The van der Waals surface area contributed by atoms with E-state index in [2.05, 4.69) is 20.4 Å². The van der Waals surface area contributed by atoms with E-state index < -0.39 is 0 Å². The molecule has 1 saturated heterocycles. The lowest BCUT2D eigenvalue weighted by atomic mass is 10.1. The minimum absolute atomic E-state index is 0.0286. The van der Waals surface area contributed by atoms with Crippen LogP contribution < -0.4 is 10.2 Å². The van der Waals surface area contributed by atoms with Gasteiger partial charge in [0.05, 0.1) is 18.6 Å². The summed E-state index contributed by atoms with van der Waals surface area (Å²) in [6.07, 6.45) is 5.97. The van der Waals surface area contributed by atoms with E-state index in [1.165, 1.54) is 18.2 Å². The van der Waals surface area contributed by atoms with E-state index in [-0.39, 0.29) is 11.7 Å². The second-order valence-electron chi connectivity index (χ2n) is 7.51. The summed E-state index contributed by atoms with van der Waals surface area (Å²) < 4.78 is 7.59. The highest BCUT2D eigenvalue weighted by atomic mass is 35.5. The maximum atomic E-state index is 12.4. The Kier molecular flexibility index (Phi) is 7.53. The van der Waals surface area contributed by atoms with Crippen molar-refractivity contribution in [1.82, 2.24) is 20.1 Å². The molecule has 3 heterocycles. The number of rotatable bonds is 9.